The first-order chi connectivity index (χ1) is 12.5. The lowest BCUT2D eigenvalue weighted by atomic mass is 10.1. The molecule has 2 aromatic rings. The highest BCUT2D eigenvalue weighted by atomic mass is 16.2. The average molecular weight is 353 g/mol. The molecule has 0 saturated carbocycles. The summed E-state index contributed by atoms with van der Waals surface area (Å²) in [6.07, 6.45) is 1.78. The number of carbonyl (C=O) groups is 2. The highest BCUT2D eigenvalue weighted by Gasteiger charge is 2.17. The van der Waals surface area contributed by atoms with E-state index in [1.54, 1.807) is 23.1 Å². The Labute approximate surface area is 155 Å². The molecule has 0 aliphatic rings. The highest BCUT2D eigenvalue weighted by molar-refractivity contribution is 5.96. The minimum absolute atomic E-state index is 0.123. The molecule has 1 N–H and O–H groups in total. The van der Waals surface area contributed by atoms with Gasteiger partial charge in [-0.3, -0.25) is 9.59 Å². The van der Waals surface area contributed by atoms with Crippen LogP contribution in [0.5, 0.6) is 0 Å². The quantitative estimate of drug-likeness (QED) is 0.789. The molecule has 5 nitrogen and oxygen atoms in total. The number of nitrogens with zero attached hydrogens (tertiary/aromatic N) is 2. The zero-order chi connectivity index (χ0) is 18.9. The van der Waals surface area contributed by atoms with E-state index in [1.165, 1.54) is 5.56 Å². The monoisotopic (exact) mass is 353 g/mol. The summed E-state index contributed by atoms with van der Waals surface area (Å²) in [5, 5.41) is 2.85. The summed E-state index contributed by atoms with van der Waals surface area (Å²) < 4.78 is 0. The van der Waals surface area contributed by atoms with Crippen LogP contribution in [0.4, 0.5) is 0 Å². The van der Waals surface area contributed by atoms with Gasteiger partial charge in [-0.05, 0) is 37.5 Å². The summed E-state index contributed by atoms with van der Waals surface area (Å²) >= 11 is 0. The van der Waals surface area contributed by atoms with E-state index in [-0.39, 0.29) is 17.5 Å². The number of pyridine rings is 1. The zero-order valence-corrected chi connectivity index (χ0v) is 15.8. The predicted molar refractivity (Wildman–Crippen MR) is 103 cm³/mol. The Kier molecular flexibility index (Phi) is 7.33. The molecule has 1 aromatic carbocycles. The molecular formula is C21H27N3O2. The van der Waals surface area contributed by atoms with Crippen LogP contribution in [0.2, 0.25) is 0 Å². The Bertz CT molecular complexity index is 735. The van der Waals surface area contributed by atoms with Crippen LogP contribution < -0.4 is 5.32 Å². The van der Waals surface area contributed by atoms with Gasteiger partial charge in [0.1, 0.15) is 11.4 Å². The average Bonchev–Trinajstić information content (AvgIpc) is 2.66. The van der Waals surface area contributed by atoms with Crippen molar-refractivity contribution in [3.8, 4) is 0 Å². The summed E-state index contributed by atoms with van der Waals surface area (Å²) in [4.78, 5) is 31.1. The molecule has 0 aliphatic carbocycles. The smallest absolute Gasteiger partial charge is 0.272 e. The normalized spacial score (nSPS) is 10.4. The second-order valence-electron chi connectivity index (χ2n) is 6.37. The van der Waals surface area contributed by atoms with Gasteiger partial charge in [-0.2, -0.15) is 0 Å². The van der Waals surface area contributed by atoms with Gasteiger partial charge in [-0.25, -0.2) is 4.98 Å². The molecule has 26 heavy (non-hydrogen) atoms. The van der Waals surface area contributed by atoms with Crippen molar-refractivity contribution in [1.29, 1.82) is 0 Å². The molecule has 0 fully saturated rings. The number of rotatable bonds is 8. The second-order valence-corrected chi connectivity index (χ2v) is 6.37. The van der Waals surface area contributed by atoms with E-state index in [2.05, 4.69) is 10.3 Å². The molecule has 0 aliphatic heterocycles. The molecule has 138 valence electrons. The molecule has 2 rings (SSSR count). The fraction of sp³-hybridized carbons (Fsp3) is 0.381. The van der Waals surface area contributed by atoms with Crippen LogP contribution >= 0.6 is 0 Å². The Balaban J connectivity index is 2.05. The molecule has 2 amide bonds. The van der Waals surface area contributed by atoms with Gasteiger partial charge in [0.05, 0.1) is 0 Å². The topological polar surface area (TPSA) is 62.3 Å². The molecule has 0 atom stereocenters. The molecule has 5 heteroatoms. The number of amides is 2. The summed E-state index contributed by atoms with van der Waals surface area (Å²) in [6, 6.07) is 13.0. The number of carbonyl (C=O) groups excluding carboxylic acids is 2. The third-order valence-electron chi connectivity index (χ3n) is 4.05. The maximum absolute atomic E-state index is 12.6. The van der Waals surface area contributed by atoms with E-state index < -0.39 is 0 Å². The van der Waals surface area contributed by atoms with Crippen molar-refractivity contribution in [2.75, 3.05) is 13.1 Å². The fourth-order valence-corrected chi connectivity index (χ4v) is 2.68. The summed E-state index contributed by atoms with van der Waals surface area (Å²) in [7, 11) is 0. The lowest BCUT2D eigenvalue weighted by Crippen LogP contribution is -2.33. The predicted octanol–water partition coefficient (Wildman–Crippen LogP) is 3.58. The van der Waals surface area contributed by atoms with Gasteiger partial charge in [0.15, 0.2) is 0 Å². The minimum atomic E-state index is -0.280. The second kappa shape index (κ2) is 9.70. The van der Waals surface area contributed by atoms with Crippen molar-refractivity contribution in [2.45, 2.75) is 40.2 Å². The third-order valence-corrected chi connectivity index (χ3v) is 4.05. The molecule has 1 aromatic heterocycles. The summed E-state index contributed by atoms with van der Waals surface area (Å²) in [6.45, 7) is 7.92. The zero-order valence-electron chi connectivity index (χ0n) is 15.8. The van der Waals surface area contributed by atoms with E-state index in [9.17, 15) is 9.59 Å². The first kappa shape index (κ1) is 19.6. The standard InChI is InChI=1S/C21H27N3O2/c1-4-13-24(14-5-2)21(26)19-8-6-7-18(23-19)20(25)22-15-17-11-9-16(3)10-12-17/h6-12H,4-5,13-15H2,1-3H3,(H,22,25). The van der Waals surface area contributed by atoms with Crippen LogP contribution in [0, 0.1) is 6.92 Å². The van der Waals surface area contributed by atoms with Crippen LogP contribution in [-0.4, -0.2) is 34.8 Å². The van der Waals surface area contributed by atoms with Gasteiger partial charge in [0, 0.05) is 19.6 Å². The Hall–Kier alpha value is -2.69. The molecule has 0 spiro atoms. The maximum atomic E-state index is 12.6. The van der Waals surface area contributed by atoms with Crippen molar-refractivity contribution < 1.29 is 9.59 Å². The molecular weight excluding hydrogens is 326 g/mol. The third kappa shape index (κ3) is 5.41. The SMILES string of the molecule is CCCN(CCC)C(=O)c1cccc(C(=O)NCc2ccc(C)cc2)n1. The Morgan fingerprint density at radius 2 is 1.58 bits per heavy atom. The lowest BCUT2D eigenvalue weighted by molar-refractivity contribution is 0.0749. The largest absolute Gasteiger partial charge is 0.347 e. The van der Waals surface area contributed by atoms with Gasteiger partial charge in [0.25, 0.3) is 11.8 Å². The number of aromatic nitrogens is 1. The van der Waals surface area contributed by atoms with Gasteiger partial charge < -0.3 is 10.2 Å². The van der Waals surface area contributed by atoms with Crippen LogP contribution in [0.25, 0.3) is 0 Å². The Morgan fingerprint density at radius 1 is 0.962 bits per heavy atom. The molecule has 0 saturated heterocycles. The van der Waals surface area contributed by atoms with Crippen molar-refractivity contribution in [1.82, 2.24) is 15.2 Å². The van der Waals surface area contributed by atoms with Crippen molar-refractivity contribution in [3.05, 3.63) is 65.0 Å². The van der Waals surface area contributed by atoms with Crippen LogP contribution in [0.1, 0.15) is 58.8 Å². The van der Waals surface area contributed by atoms with Crippen molar-refractivity contribution >= 4 is 11.8 Å². The van der Waals surface area contributed by atoms with Gasteiger partial charge >= 0.3 is 0 Å². The molecule has 0 unspecified atom stereocenters. The van der Waals surface area contributed by atoms with E-state index in [4.69, 9.17) is 0 Å². The summed E-state index contributed by atoms with van der Waals surface area (Å²) in [5.74, 6) is -0.403. The van der Waals surface area contributed by atoms with E-state index in [0.717, 1.165) is 18.4 Å². The van der Waals surface area contributed by atoms with E-state index in [1.807, 2.05) is 45.0 Å². The number of aryl methyl sites for hydroxylation is 1. The maximum Gasteiger partial charge on any atom is 0.272 e. The molecule has 0 bridgehead atoms. The summed E-state index contributed by atoms with van der Waals surface area (Å²) in [5.41, 5.74) is 2.77. The van der Waals surface area contributed by atoms with Crippen LogP contribution in [-0.2, 0) is 6.54 Å². The van der Waals surface area contributed by atoms with Crippen molar-refractivity contribution in [2.24, 2.45) is 0 Å². The van der Waals surface area contributed by atoms with Crippen LogP contribution in [0.3, 0.4) is 0 Å². The Morgan fingerprint density at radius 3 is 2.19 bits per heavy atom. The first-order valence-corrected chi connectivity index (χ1v) is 9.15. The van der Waals surface area contributed by atoms with Gasteiger partial charge in [-0.1, -0.05) is 49.7 Å². The van der Waals surface area contributed by atoms with E-state index in [0.29, 0.717) is 25.3 Å². The van der Waals surface area contributed by atoms with E-state index >= 15 is 0 Å². The lowest BCUT2D eigenvalue weighted by Gasteiger charge is -2.21. The molecule has 0 radical (unpaired) electrons. The highest BCUT2D eigenvalue weighted by Crippen LogP contribution is 2.07. The number of benzene rings is 1. The fourth-order valence-electron chi connectivity index (χ4n) is 2.68. The molecule has 1 heterocycles. The van der Waals surface area contributed by atoms with Crippen molar-refractivity contribution in [3.63, 3.8) is 0 Å². The van der Waals surface area contributed by atoms with Crippen LogP contribution in [0.15, 0.2) is 42.5 Å². The minimum Gasteiger partial charge on any atom is -0.347 e. The number of hydrogen-bond donors (Lipinski definition) is 1. The van der Waals surface area contributed by atoms with Gasteiger partial charge in [-0.15, -0.1) is 0 Å². The van der Waals surface area contributed by atoms with Gasteiger partial charge in [0.2, 0.25) is 0 Å². The number of hydrogen-bond acceptors (Lipinski definition) is 3. The number of nitrogens with one attached hydrogen (secondary N) is 1. The first-order valence-electron chi connectivity index (χ1n) is 9.15.